The van der Waals surface area contributed by atoms with Gasteiger partial charge in [0, 0.05) is 16.3 Å². The summed E-state index contributed by atoms with van der Waals surface area (Å²) in [5.74, 6) is 0. The Kier molecular flexibility index (Phi) is 2.12. The fourth-order valence-electron chi connectivity index (χ4n) is 4.33. The van der Waals surface area contributed by atoms with Crippen LogP contribution in [0.4, 0.5) is 0 Å². The molecule has 0 spiro atoms. The number of hydrogen-bond donors (Lipinski definition) is 0. The second-order valence-electron chi connectivity index (χ2n) is 6.62. The van der Waals surface area contributed by atoms with Gasteiger partial charge in [-0.2, -0.15) is 0 Å². The molecule has 24 heavy (non-hydrogen) atoms. The van der Waals surface area contributed by atoms with Crippen molar-refractivity contribution in [3.8, 4) is 22.3 Å². The van der Waals surface area contributed by atoms with Gasteiger partial charge in [-0.05, 0) is 39.6 Å². The second-order valence-corrected chi connectivity index (χ2v) is 6.62. The summed E-state index contributed by atoms with van der Waals surface area (Å²) in [7, 11) is 2.15. The fraction of sp³-hybridized carbons (Fsp3) is 0. The fourth-order valence-corrected chi connectivity index (χ4v) is 4.33. The smallest absolute Gasteiger partial charge is 0.143 e. The van der Waals surface area contributed by atoms with Gasteiger partial charge in [-0.25, -0.2) is 0 Å². The first-order valence-corrected chi connectivity index (χ1v) is 8.30. The van der Waals surface area contributed by atoms with Gasteiger partial charge in [-0.15, -0.1) is 0 Å². The minimum Gasteiger partial charge on any atom is -0.455 e. The predicted octanol–water partition coefficient (Wildman–Crippen LogP) is 4.65. The number of benzene rings is 4. The summed E-state index contributed by atoms with van der Waals surface area (Å²) < 4.78 is 6.34. The molecule has 0 fully saturated rings. The molecule has 0 atom stereocenters. The van der Waals surface area contributed by atoms with E-state index in [1.807, 2.05) is 0 Å². The van der Waals surface area contributed by atoms with Gasteiger partial charge < -0.3 is 4.42 Å². The van der Waals surface area contributed by atoms with Crippen LogP contribution in [0.1, 0.15) is 0 Å². The van der Waals surface area contributed by atoms with Crippen molar-refractivity contribution in [1.82, 2.24) is 0 Å². The van der Waals surface area contributed by atoms with Crippen LogP contribution in [0.15, 0.2) is 71.1 Å². The van der Waals surface area contributed by atoms with Crippen LogP contribution in [-0.4, -0.2) is 7.85 Å². The average molecular weight is 304 g/mol. The van der Waals surface area contributed by atoms with Gasteiger partial charge in [-0.3, -0.25) is 0 Å². The number of furan rings is 1. The average Bonchev–Trinajstić information content (AvgIpc) is 3.14. The van der Waals surface area contributed by atoms with Gasteiger partial charge in [0.1, 0.15) is 19.0 Å². The molecule has 1 nitrogen and oxygen atoms in total. The van der Waals surface area contributed by atoms with Crippen LogP contribution in [0.25, 0.3) is 55.0 Å². The highest BCUT2D eigenvalue weighted by atomic mass is 16.3. The zero-order chi connectivity index (χ0) is 15.8. The molecule has 0 amide bonds. The molecule has 0 saturated heterocycles. The number of hydrogen-bond acceptors (Lipinski definition) is 1. The van der Waals surface area contributed by atoms with Crippen LogP contribution in [0.2, 0.25) is 0 Å². The van der Waals surface area contributed by atoms with Crippen LogP contribution in [0.5, 0.6) is 0 Å². The van der Waals surface area contributed by atoms with E-state index >= 15 is 0 Å². The standard InChI is InChI=1S/C22H13BO/c23-17-8-3-9-18-21(17)16-11-10-14-13-6-1-4-12-5-2-7-15(19(12)13)20(14)22(16)24-18/h1-11H,23H2. The predicted molar refractivity (Wildman–Crippen MR) is 104 cm³/mol. The first-order chi connectivity index (χ1) is 11.8. The first kappa shape index (κ1) is 12.4. The molecule has 1 aliphatic rings. The normalized spacial score (nSPS) is 12.3. The van der Waals surface area contributed by atoms with Gasteiger partial charge in [0.05, 0.1) is 0 Å². The van der Waals surface area contributed by atoms with Crippen molar-refractivity contribution in [1.29, 1.82) is 0 Å². The molecule has 0 N–H and O–H groups in total. The Labute approximate surface area is 139 Å². The zero-order valence-corrected chi connectivity index (χ0v) is 13.3. The molecular weight excluding hydrogens is 291 g/mol. The summed E-state index contributed by atoms with van der Waals surface area (Å²) in [6.07, 6.45) is 0. The Morgan fingerprint density at radius 3 is 2.33 bits per heavy atom. The molecular formula is C22H13BO. The molecule has 1 aromatic heterocycles. The van der Waals surface area contributed by atoms with E-state index in [9.17, 15) is 0 Å². The summed E-state index contributed by atoms with van der Waals surface area (Å²) in [5, 5.41) is 5.09. The molecule has 4 aromatic carbocycles. The van der Waals surface area contributed by atoms with E-state index in [1.54, 1.807) is 0 Å². The Bertz CT molecular complexity index is 1310. The largest absolute Gasteiger partial charge is 0.455 e. The molecule has 0 aliphatic heterocycles. The van der Waals surface area contributed by atoms with E-state index in [0.717, 1.165) is 11.2 Å². The Morgan fingerprint density at radius 1 is 0.667 bits per heavy atom. The van der Waals surface area contributed by atoms with E-state index in [1.165, 1.54) is 49.3 Å². The van der Waals surface area contributed by atoms with Crippen molar-refractivity contribution in [3.05, 3.63) is 66.7 Å². The Balaban J connectivity index is 1.88. The minimum absolute atomic E-state index is 0.974. The maximum absolute atomic E-state index is 6.34. The van der Waals surface area contributed by atoms with Crippen LogP contribution in [0, 0.1) is 0 Å². The van der Waals surface area contributed by atoms with Gasteiger partial charge in [0.2, 0.25) is 0 Å². The second kappa shape index (κ2) is 4.10. The highest BCUT2D eigenvalue weighted by Gasteiger charge is 2.25. The van der Waals surface area contributed by atoms with Crippen LogP contribution >= 0.6 is 0 Å². The van der Waals surface area contributed by atoms with Gasteiger partial charge in [-0.1, -0.05) is 60.1 Å². The third-order valence-electron chi connectivity index (χ3n) is 5.34. The molecule has 1 heterocycles. The lowest BCUT2D eigenvalue weighted by Gasteiger charge is -2.02. The van der Waals surface area contributed by atoms with Crippen molar-refractivity contribution in [2.75, 3.05) is 0 Å². The van der Waals surface area contributed by atoms with Crippen molar-refractivity contribution in [2.24, 2.45) is 0 Å². The number of rotatable bonds is 0. The van der Waals surface area contributed by atoms with Crippen LogP contribution in [-0.2, 0) is 0 Å². The monoisotopic (exact) mass is 304 g/mol. The summed E-state index contributed by atoms with van der Waals surface area (Å²) in [4.78, 5) is 0. The number of fused-ring (bicyclic) bond motifs is 7. The van der Waals surface area contributed by atoms with Crippen LogP contribution < -0.4 is 5.46 Å². The molecule has 0 bridgehead atoms. The Hall–Kier alpha value is -3.00. The summed E-state index contributed by atoms with van der Waals surface area (Å²) in [6.45, 7) is 0. The maximum atomic E-state index is 6.34. The molecule has 110 valence electrons. The molecule has 2 heteroatoms. The minimum atomic E-state index is 0.974. The van der Waals surface area contributed by atoms with Crippen LogP contribution in [0.3, 0.4) is 0 Å². The Morgan fingerprint density at radius 2 is 1.46 bits per heavy atom. The highest BCUT2D eigenvalue weighted by Crippen LogP contribution is 2.51. The van der Waals surface area contributed by atoms with Gasteiger partial charge in [0.15, 0.2) is 0 Å². The lowest BCUT2D eigenvalue weighted by Crippen LogP contribution is -2.01. The summed E-state index contributed by atoms with van der Waals surface area (Å²) >= 11 is 0. The van der Waals surface area contributed by atoms with E-state index < -0.39 is 0 Å². The maximum Gasteiger partial charge on any atom is 0.143 e. The zero-order valence-electron chi connectivity index (χ0n) is 13.3. The quantitative estimate of drug-likeness (QED) is 0.372. The van der Waals surface area contributed by atoms with Crippen molar-refractivity contribution in [3.63, 3.8) is 0 Å². The molecule has 6 rings (SSSR count). The van der Waals surface area contributed by atoms with Crippen molar-refractivity contribution < 1.29 is 4.42 Å². The van der Waals surface area contributed by atoms with Crippen molar-refractivity contribution in [2.45, 2.75) is 0 Å². The van der Waals surface area contributed by atoms with Gasteiger partial charge in [0.25, 0.3) is 0 Å². The lowest BCUT2D eigenvalue weighted by molar-refractivity contribution is 0.670. The highest BCUT2D eigenvalue weighted by molar-refractivity contribution is 6.41. The lowest BCUT2D eigenvalue weighted by atomic mass is 9.90. The molecule has 0 saturated carbocycles. The van der Waals surface area contributed by atoms with E-state index in [2.05, 4.69) is 74.6 Å². The third-order valence-corrected chi connectivity index (χ3v) is 5.34. The molecule has 0 radical (unpaired) electrons. The molecule has 0 unspecified atom stereocenters. The van der Waals surface area contributed by atoms with Crippen molar-refractivity contribution >= 4 is 46.0 Å². The third kappa shape index (κ3) is 1.33. The summed E-state index contributed by atoms with van der Waals surface area (Å²) in [5.41, 5.74) is 8.39. The summed E-state index contributed by atoms with van der Waals surface area (Å²) in [6, 6.07) is 23.9. The first-order valence-electron chi connectivity index (χ1n) is 8.30. The topological polar surface area (TPSA) is 13.1 Å². The van der Waals surface area contributed by atoms with E-state index in [0.29, 0.717) is 0 Å². The SMILES string of the molecule is Bc1cccc2oc3c4c(ccc3c12)-c1cccc2cccc-4c12. The van der Waals surface area contributed by atoms with E-state index in [-0.39, 0.29) is 0 Å². The van der Waals surface area contributed by atoms with Gasteiger partial charge >= 0.3 is 0 Å². The van der Waals surface area contributed by atoms with E-state index in [4.69, 9.17) is 4.42 Å². The molecule has 5 aromatic rings. The molecule has 1 aliphatic carbocycles.